The number of methoxy groups -OCH3 is 1. The summed E-state index contributed by atoms with van der Waals surface area (Å²) in [5.74, 6) is 0.512. The molecule has 0 saturated heterocycles. The normalized spacial score (nSPS) is 11.2. The SMILES string of the molecule is COc1ccc(S(=O)(=O)Nc2cccc(C)c2C)c(N)c1. The highest BCUT2D eigenvalue weighted by Crippen LogP contribution is 2.27. The lowest BCUT2D eigenvalue weighted by Crippen LogP contribution is -2.15. The lowest BCUT2D eigenvalue weighted by molar-refractivity contribution is 0.414. The van der Waals surface area contributed by atoms with Gasteiger partial charge in [0.15, 0.2) is 0 Å². The lowest BCUT2D eigenvalue weighted by atomic mass is 10.1. The molecule has 0 aromatic heterocycles. The number of rotatable bonds is 4. The summed E-state index contributed by atoms with van der Waals surface area (Å²) >= 11 is 0. The Balaban J connectivity index is 2.41. The zero-order valence-electron chi connectivity index (χ0n) is 12.2. The van der Waals surface area contributed by atoms with E-state index >= 15 is 0 Å². The van der Waals surface area contributed by atoms with Gasteiger partial charge in [-0.15, -0.1) is 0 Å². The second-order valence-electron chi connectivity index (χ2n) is 4.76. The van der Waals surface area contributed by atoms with Gasteiger partial charge in [-0.1, -0.05) is 12.1 Å². The molecule has 5 nitrogen and oxygen atoms in total. The smallest absolute Gasteiger partial charge is 0.263 e. The van der Waals surface area contributed by atoms with Crippen molar-refractivity contribution in [1.29, 1.82) is 0 Å². The van der Waals surface area contributed by atoms with Gasteiger partial charge in [-0.25, -0.2) is 8.42 Å². The van der Waals surface area contributed by atoms with Gasteiger partial charge in [-0.05, 0) is 43.2 Å². The number of hydrogen-bond acceptors (Lipinski definition) is 4. The molecule has 0 amide bonds. The van der Waals surface area contributed by atoms with Crippen LogP contribution in [0.4, 0.5) is 11.4 Å². The summed E-state index contributed by atoms with van der Waals surface area (Å²) in [5, 5.41) is 0. The minimum atomic E-state index is -3.74. The Kier molecular flexibility index (Phi) is 4.09. The summed E-state index contributed by atoms with van der Waals surface area (Å²) < 4.78 is 32.5. The van der Waals surface area contributed by atoms with E-state index in [4.69, 9.17) is 10.5 Å². The predicted octanol–water partition coefficient (Wildman–Crippen LogP) is 2.70. The van der Waals surface area contributed by atoms with E-state index in [2.05, 4.69) is 4.72 Å². The Morgan fingerprint density at radius 3 is 2.48 bits per heavy atom. The van der Waals surface area contributed by atoms with Crippen LogP contribution in [-0.2, 0) is 10.0 Å². The molecule has 2 aromatic carbocycles. The van der Waals surface area contributed by atoms with E-state index in [0.717, 1.165) is 11.1 Å². The van der Waals surface area contributed by atoms with Crippen LogP contribution in [0.5, 0.6) is 5.75 Å². The first kappa shape index (κ1) is 15.2. The van der Waals surface area contributed by atoms with Crippen LogP contribution in [0.1, 0.15) is 11.1 Å². The van der Waals surface area contributed by atoms with Crippen LogP contribution < -0.4 is 15.2 Å². The van der Waals surface area contributed by atoms with Crippen LogP contribution in [0.3, 0.4) is 0 Å². The van der Waals surface area contributed by atoms with E-state index in [0.29, 0.717) is 11.4 Å². The number of sulfonamides is 1. The molecule has 112 valence electrons. The molecule has 0 spiro atoms. The van der Waals surface area contributed by atoms with Crippen molar-refractivity contribution in [2.75, 3.05) is 17.6 Å². The Hall–Kier alpha value is -2.21. The van der Waals surface area contributed by atoms with Gasteiger partial charge in [0.05, 0.1) is 18.5 Å². The van der Waals surface area contributed by atoms with Gasteiger partial charge in [0.1, 0.15) is 10.6 Å². The monoisotopic (exact) mass is 306 g/mol. The molecule has 21 heavy (non-hydrogen) atoms. The van der Waals surface area contributed by atoms with E-state index in [1.165, 1.54) is 19.2 Å². The fourth-order valence-electron chi connectivity index (χ4n) is 1.96. The topological polar surface area (TPSA) is 81.4 Å². The number of nitrogen functional groups attached to an aromatic ring is 1. The molecule has 0 unspecified atom stereocenters. The fourth-order valence-corrected chi connectivity index (χ4v) is 3.20. The molecule has 0 radical (unpaired) electrons. The number of aryl methyl sites for hydroxylation is 1. The molecule has 2 rings (SSSR count). The molecule has 0 aliphatic heterocycles. The molecule has 0 aliphatic rings. The minimum Gasteiger partial charge on any atom is -0.497 e. The van der Waals surface area contributed by atoms with E-state index in [1.807, 2.05) is 19.9 Å². The van der Waals surface area contributed by atoms with Crippen molar-refractivity contribution in [1.82, 2.24) is 0 Å². The van der Waals surface area contributed by atoms with Crippen LogP contribution in [0, 0.1) is 13.8 Å². The van der Waals surface area contributed by atoms with Crippen molar-refractivity contribution in [3.8, 4) is 5.75 Å². The van der Waals surface area contributed by atoms with Crippen molar-refractivity contribution in [2.45, 2.75) is 18.7 Å². The van der Waals surface area contributed by atoms with Gasteiger partial charge in [0.25, 0.3) is 10.0 Å². The molecule has 0 aliphatic carbocycles. The lowest BCUT2D eigenvalue weighted by Gasteiger charge is -2.14. The molecule has 6 heteroatoms. The first-order chi connectivity index (χ1) is 9.85. The zero-order valence-corrected chi connectivity index (χ0v) is 13.0. The van der Waals surface area contributed by atoms with Crippen molar-refractivity contribution in [2.24, 2.45) is 0 Å². The summed E-state index contributed by atoms with van der Waals surface area (Å²) in [5.41, 5.74) is 8.39. The molecule has 2 aromatic rings. The standard InChI is InChI=1S/C15H18N2O3S/c1-10-5-4-6-14(11(10)2)17-21(18,19)15-8-7-12(20-3)9-13(15)16/h4-9,17H,16H2,1-3H3. The molecule has 0 heterocycles. The van der Waals surface area contributed by atoms with E-state index in [9.17, 15) is 8.42 Å². The maximum atomic E-state index is 12.5. The highest BCUT2D eigenvalue weighted by Gasteiger charge is 2.19. The summed E-state index contributed by atoms with van der Waals surface area (Å²) in [7, 11) is -2.24. The van der Waals surface area contributed by atoms with Gasteiger partial charge in [-0.3, -0.25) is 4.72 Å². The summed E-state index contributed by atoms with van der Waals surface area (Å²) in [4.78, 5) is 0.0317. The van der Waals surface area contributed by atoms with Gasteiger partial charge >= 0.3 is 0 Å². The van der Waals surface area contributed by atoms with Crippen molar-refractivity contribution >= 4 is 21.4 Å². The van der Waals surface area contributed by atoms with Gasteiger partial charge in [0, 0.05) is 6.07 Å². The number of nitrogens with one attached hydrogen (secondary N) is 1. The van der Waals surface area contributed by atoms with Crippen LogP contribution in [0.15, 0.2) is 41.3 Å². The van der Waals surface area contributed by atoms with E-state index in [-0.39, 0.29) is 10.6 Å². The maximum Gasteiger partial charge on any atom is 0.263 e. The Morgan fingerprint density at radius 2 is 1.86 bits per heavy atom. The largest absolute Gasteiger partial charge is 0.497 e. The van der Waals surface area contributed by atoms with Crippen LogP contribution in [-0.4, -0.2) is 15.5 Å². The van der Waals surface area contributed by atoms with Gasteiger partial charge < -0.3 is 10.5 Å². The number of anilines is 2. The number of nitrogens with two attached hydrogens (primary N) is 1. The third-order valence-electron chi connectivity index (χ3n) is 3.36. The second-order valence-corrected chi connectivity index (χ2v) is 6.41. The number of benzene rings is 2. The Bertz CT molecular complexity index is 770. The fraction of sp³-hybridized carbons (Fsp3) is 0.200. The third kappa shape index (κ3) is 3.11. The molecule has 3 N–H and O–H groups in total. The predicted molar refractivity (Wildman–Crippen MR) is 84.1 cm³/mol. The van der Waals surface area contributed by atoms with Gasteiger partial charge in [0.2, 0.25) is 0 Å². The average Bonchev–Trinajstić information content (AvgIpc) is 2.43. The van der Waals surface area contributed by atoms with Crippen molar-refractivity contribution < 1.29 is 13.2 Å². The molecular formula is C15H18N2O3S. The van der Waals surface area contributed by atoms with Crippen LogP contribution >= 0.6 is 0 Å². The first-order valence-corrected chi connectivity index (χ1v) is 7.86. The van der Waals surface area contributed by atoms with Gasteiger partial charge in [-0.2, -0.15) is 0 Å². The highest BCUT2D eigenvalue weighted by atomic mass is 32.2. The number of hydrogen-bond donors (Lipinski definition) is 2. The summed E-state index contributed by atoms with van der Waals surface area (Å²) in [6.07, 6.45) is 0. The summed E-state index contributed by atoms with van der Waals surface area (Å²) in [6, 6.07) is 9.93. The summed E-state index contributed by atoms with van der Waals surface area (Å²) in [6.45, 7) is 3.79. The van der Waals surface area contributed by atoms with Crippen molar-refractivity contribution in [3.63, 3.8) is 0 Å². The zero-order chi connectivity index (χ0) is 15.6. The molecule has 0 atom stereocenters. The Labute approximate surface area is 124 Å². The minimum absolute atomic E-state index is 0.0317. The first-order valence-electron chi connectivity index (χ1n) is 6.37. The maximum absolute atomic E-state index is 12.5. The van der Waals surface area contributed by atoms with E-state index in [1.54, 1.807) is 18.2 Å². The molecule has 0 bridgehead atoms. The van der Waals surface area contributed by atoms with E-state index < -0.39 is 10.0 Å². The molecular weight excluding hydrogens is 288 g/mol. The highest BCUT2D eigenvalue weighted by molar-refractivity contribution is 7.92. The Morgan fingerprint density at radius 1 is 1.14 bits per heavy atom. The quantitative estimate of drug-likeness (QED) is 0.851. The van der Waals surface area contributed by atoms with Crippen LogP contribution in [0.25, 0.3) is 0 Å². The average molecular weight is 306 g/mol. The molecule has 0 saturated carbocycles. The van der Waals surface area contributed by atoms with Crippen molar-refractivity contribution in [3.05, 3.63) is 47.5 Å². The third-order valence-corrected chi connectivity index (χ3v) is 4.79. The molecule has 0 fully saturated rings. The van der Waals surface area contributed by atoms with Crippen LogP contribution in [0.2, 0.25) is 0 Å². The second kappa shape index (κ2) is 5.65. The number of ether oxygens (including phenoxy) is 1.